The van der Waals surface area contributed by atoms with E-state index in [0.29, 0.717) is 60.8 Å². The third kappa shape index (κ3) is 4.26. The largest absolute Gasteiger partial charge is 0.417 e. The lowest BCUT2D eigenvalue weighted by Crippen LogP contribution is -2.35. The van der Waals surface area contributed by atoms with Crippen molar-refractivity contribution in [2.45, 2.75) is 39.3 Å². The van der Waals surface area contributed by atoms with E-state index in [4.69, 9.17) is 4.52 Å². The Labute approximate surface area is 183 Å². The summed E-state index contributed by atoms with van der Waals surface area (Å²) in [6.45, 7) is 7.78. The molecule has 170 valence electrons. The molecule has 3 aromatic rings. The molecule has 1 aliphatic heterocycles. The molecule has 10 heteroatoms. The number of aryl methyl sites for hydroxylation is 1. The summed E-state index contributed by atoms with van der Waals surface area (Å²) in [6, 6.07) is 4.22. The molecule has 3 aromatic heterocycles. The molecule has 4 heterocycles. The molecule has 4 rings (SSSR count). The van der Waals surface area contributed by atoms with Crippen molar-refractivity contribution < 1.29 is 22.5 Å². The third-order valence-electron chi connectivity index (χ3n) is 5.64. The van der Waals surface area contributed by atoms with Crippen LogP contribution in [0.15, 0.2) is 28.9 Å². The lowest BCUT2D eigenvalue weighted by atomic mass is 10.0. The number of anilines is 1. The highest BCUT2D eigenvalue weighted by Crippen LogP contribution is 2.30. The van der Waals surface area contributed by atoms with Crippen LogP contribution in [0, 0.1) is 6.92 Å². The van der Waals surface area contributed by atoms with E-state index in [2.05, 4.69) is 15.1 Å². The summed E-state index contributed by atoms with van der Waals surface area (Å²) in [7, 11) is 0. The number of halogens is 3. The molecular formula is C22H24F3N5O2. The van der Waals surface area contributed by atoms with Gasteiger partial charge in [-0.15, -0.1) is 0 Å². The molecule has 0 aromatic carbocycles. The molecule has 32 heavy (non-hydrogen) atoms. The van der Waals surface area contributed by atoms with Gasteiger partial charge < -0.3 is 14.3 Å². The van der Waals surface area contributed by atoms with E-state index in [-0.39, 0.29) is 11.8 Å². The molecule has 0 aliphatic carbocycles. The molecule has 1 amide bonds. The van der Waals surface area contributed by atoms with Crippen LogP contribution in [-0.2, 0) is 6.18 Å². The average molecular weight is 447 g/mol. The number of rotatable bonds is 3. The fourth-order valence-corrected chi connectivity index (χ4v) is 3.84. The van der Waals surface area contributed by atoms with E-state index >= 15 is 0 Å². The molecular weight excluding hydrogens is 423 g/mol. The van der Waals surface area contributed by atoms with E-state index < -0.39 is 11.7 Å². The molecule has 1 aliphatic rings. The first-order chi connectivity index (χ1) is 15.1. The molecule has 0 atom stereocenters. The van der Waals surface area contributed by atoms with Crippen LogP contribution in [0.25, 0.3) is 11.1 Å². The number of amides is 1. The van der Waals surface area contributed by atoms with Gasteiger partial charge >= 0.3 is 6.18 Å². The van der Waals surface area contributed by atoms with Crippen LogP contribution < -0.4 is 4.90 Å². The molecule has 0 N–H and O–H groups in total. The molecule has 0 saturated carbocycles. The maximum atomic E-state index is 13.5. The number of aromatic nitrogens is 3. The Morgan fingerprint density at radius 2 is 1.94 bits per heavy atom. The molecule has 0 radical (unpaired) electrons. The van der Waals surface area contributed by atoms with Crippen LogP contribution in [0.1, 0.15) is 53.5 Å². The standard InChI is InChI=1S/C22H24F3N5O2/c1-13(2)17-11-16(19-14(3)28-32-20(19)27-17)21(31)30-8-4-7-29(9-10-30)18-6-5-15(12-26-18)22(23,24)25/h5-6,11-13H,4,7-10H2,1-3H3. The number of hydrogen-bond donors (Lipinski definition) is 0. The van der Waals surface area contributed by atoms with Crippen molar-refractivity contribution in [1.29, 1.82) is 0 Å². The Balaban J connectivity index is 1.55. The van der Waals surface area contributed by atoms with Crippen molar-refractivity contribution in [2.24, 2.45) is 0 Å². The zero-order valence-electron chi connectivity index (χ0n) is 18.1. The quantitative estimate of drug-likeness (QED) is 0.592. The van der Waals surface area contributed by atoms with Gasteiger partial charge in [0.25, 0.3) is 11.6 Å². The molecule has 0 unspecified atom stereocenters. The van der Waals surface area contributed by atoms with Crippen molar-refractivity contribution in [3.8, 4) is 0 Å². The normalized spacial score (nSPS) is 15.5. The minimum absolute atomic E-state index is 0.113. The smallest absolute Gasteiger partial charge is 0.355 e. The van der Waals surface area contributed by atoms with Crippen molar-refractivity contribution in [2.75, 3.05) is 31.1 Å². The van der Waals surface area contributed by atoms with Gasteiger partial charge in [-0.3, -0.25) is 4.79 Å². The van der Waals surface area contributed by atoms with E-state index in [9.17, 15) is 18.0 Å². The van der Waals surface area contributed by atoms with E-state index in [1.165, 1.54) is 6.07 Å². The van der Waals surface area contributed by atoms with Gasteiger partial charge in [0, 0.05) is 38.1 Å². The number of nitrogens with zero attached hydrogens (tertiary/aromatic N) is 5. The summed E-state index contributed by atoms with van der Waals surface area (Å²) in [5, 5.41) is 4.59. The highest BCUT2D eigenvalue weighted by Gasteiger charge is 2.31. The maximum Gasteiger partial charge on any atom is 0.417 e. The van der Waals surface area contributed by atoms with E-state index in [0.717, 1.165) is 18.0 Å². The first kappa shape index (κ1) is 22.0. The Hall–Kier alpha value is -3.17. The van der Waals surface area contributed by atoms with Gasteiger partial charge in [0.1, 0.15) is 5.82 Å². The predicted octanol–water partition coefficient (Wildman–Crippen LogP) is 4.42. The second-order valence-electron chi connectivity index (χ2n) is 8.23. The van der Waals surface area contributed by atoms with Gasteiger partial charge in [-0.1, -0.05) is 19.0 Å². The van der Waals surface area contributed by atoms with Gasteiger partial charge in [0.2, 0.25) is 0 Å². The van der Waals surface area contributed by atoms with Crippen LogP contribution in [-0.4, -0.2) is 52.1 Å². The summed E-state index contributed by atoms with van der Waals surface area (Å²) in [4.78, 5) is 25.6. The number of alkyl halides is 3. The van der Waals surface area contributed by atoms with Crippen molar-refractivity contribution in [3.63, 3.8) is 0 Å². The number of carbonyl (C=O) groups excluding carboxylic acids is 1. The van der Waals surface area contributed by atoms with E-state index in [1.807, 2.05) is 18.7 Å². The van der Waals surface area contributed by atoms with Gasteiger partial charge in [-0.2, -0.15) is 13.2 Å². The van der Waals surface area contributed by atoms with Crippen molar-refractivity contribution in [1.82, 2.24) is 20.0 Å². The van der Waals surface area contributed by atoms with E-state index in [1.54, 1.807) is 17.9 Å². The van der Waals surface area contributed by atoms with Crippen LogP contribution in [0.5, 0.6) is 0 Å². The minimum Gasteiger partial charge on any atom is -0.355 e. The highest BCUT2D eigenvalue weighted by atomic mass is 19.4. The van der Waals surface area contributed by atoms with Gasteiger partial charge in [0.15, 0.2) is 0 Å². The lowest BCUT2D eigenvalue weighted by Gasteiger charge is -2.23. The molecule has 1 fully saturated rings. The summed E-state index contributed by atoms with van der Waals surface area (Å²) in [5.74, 6) is 0.449. The Bertz CT molecular complexity index is 1130. The van der Waals surface area contributed by atoms with Gasteiger partial charge in [0.05, 0.1) is 22.2 Å². The zero-order valence-corrected chi connectivity index (χ0v) is 18.1. The molecule has 1 saturated heterocycles. The Morgan fingerprint density at radius 1 is 1.16 bits per heavy atom. The van der Waals surface area contributed by atoms with Crippen LogP contribution in [0.4, 0.5) is 19.0 Å². The molecule has 0 spiro atoms. The first-order valence-corrected chi connectivity index (χ1v) is 10.5. The van der Waals surface area contributed by atoms with Crippen molar-refractivity contribution in [3.05, 3.63) is 46.9 Å². The summed E-state index contributed by atoms with van der Waals surface area (Å²) in [6.07, 6.45) is -2.90. The SMILES string of the molecule is Cc1noc2nc(C(C)C)cc(C(=O)N3CCCN(c4ccc(C(F)(F)F)cn4)CC3)c12. The number of pyridine rings is 2. The lowest BCUT2D eigenvalue weighted by molar-refractivity contribution is -0.137. The summed E-state index contributed by atoms with van der Waals surface area (Å²) >= 11 is 0. The number of carbonyl (C=O) groups is 1. The minimum atomic E-state index is -4.42. The van der Waals surface area contributed by atoms with Crippen LogP contribution >= 0.6 is 0 Å². The predicted molar refractivity (Wildman–Crippen MR) is 113 cm³/mol. The number of hydrogen-bond acceptors (Lipinski definition) is 6. The van der Waals surface area contributed by atoms with Crippen LogP contribution in [0.2, 0.25) is 0 Å². The topological polar surface area (TPSA) is 75.4 Å². The molecule has 0 bridgehead atoms. The third-order valence-corrected chi connectivity index (χ3v) is 5.64. The second kappa shape index (κ2) is 8.40. The summed E-state index contributed by atoms with van der Waals surface area (Å²) < 4.78 is 43.7. The fourth-order valence-electron chi connectivity index (χ4n) is 3.84. The van der Waals surface area contributed by atoms with Crippen molar-refractivity contribution >= 4 is 22.8 Å². The Kier molecular flexibility index (Phi) is 5.79. The van der Waals surface area contributed by atoms with Crippen LogP contribution in [0.3, 0.4) is 0 Å². The number of fused-ring (bicyclic) bond motifs is 1. The average Bonchev–Trinajstić information content (AvgIpc) is 2.97. The van der Waals surface area contributed by atoms with Gasteiger partial charge in [-0.25, -0.2) is 9.97 Å². The Morgan fingerprint density at radius 3 is 2.59 bits per heavy atom. The maximum absolute atomic E-state index is 13.5. The van der Waals surface area contributed by atoms with Gasteiger partial charge in [-0.05, 0) is 37.5 Å². The fraction of sp³-hybridized carbons (Fsp3) is 0.455. The molecule has 7 nitrogen and oxygen atoms in total. The first-order valence-electron chi connectivity index (χ1n) is 10.5. The zero-order chi connectivity index (χ0) is 23.0. The second-order valence-corrected chi connectivity index (χ2v) is 8.23. The highest BCUT2D eigenvalue weighted by molar-refractivity contribution is 6.06. The summed E-state index contributed by atoms with van der Waals surface area (Å²) in [5.41, 5.74) is 1.44. The monoisotopic (exact) mass is 447 g/mol.